The highest BCUT2D eigenvalue weighted by Gasteiger charge is 2.27. The summed E-state index contributed by atoms with van der Waals surface area (Å²) in [6.07, 6.45) is 2.24. The van der Waals surface area contributed by atoms with Crippen LogP contribution in [0, 0.1) is 5.92 Å². The first-order valence-electron chi connectivity index (χ1n) is 8.80. The number of aromatic nitrogens is 1. The summed E-state index contributed by atoms with van der Waals surface area (Å²) in [5.74, 6) is 0.0398. The van der Waals surface area contributed by atoms with Gasteiger partial charge in [-0.05, 0) is 48.6 Å². The molecule has 0 aliphatic heterocycles. The smallest absolute Gasteiger partial charge is 0.223 e. The maximum absolute atomic E-state index is 12.6. The molecule has 0 saturated heterocycles. The Balaban J connectivity index is 1.53. The van der Waals surface area contributed by atoms with Gasteiger partial charge in [-0.2, -0.15) is 0 Å². The van der Waals surface area contributed by atoms with Crippen LogP contribution in [0.2, 0.25) is 0 Å². The third-order valence-corrected chi connectivity index (χ3v) is 5.53. The normalized spacial score (nSPS) is 16.3. The summed E-state index contributed by atoms with van der Waals surface area (Å²) in [5, 5.41) is 4.01. The van der Waals surface area contributed by atoms with Crippen LogP contribution in [-0.4, -0.2) is 10.9 Å². The number of amides is 1. The summed E-state index contributed by atoms with van der Waals surface area (Å²) in [4.78, 5) is 17.4. The second kappa shape index (κ2) is 7.08. The third kappa shape index (κ3) is 3.31. The zero-order chi connectivity index (χ0) is 18.1. The number of nitrogens with two attached hydrogens (primary N) is 1. The number of carbonyl (C=O) groups is 1. The molecule has 5 heteroatoms. The highest BCUT2D eigenvalue weighted by atomic mass is 79.9. The second-order valence-electron chi connectivity index (χ2n) is 6.76. The molecule has 3 N–H and O–H groups in total. The van der Waals surface area contributed by atoms with Crippen LogP contribution in [0.5, 0.6) is 0 Å². The summed E-state index contributed by atoms with van der Waals surface area (Å²) in [7, 11) is 0. The Labute approximate surface area is 160 Å². The van der Waals surface area contributed by atoms with E-state index in [1.54, 1.807) is 0 Å². The van der Waals surface area contributed by atoms with E-state index in [1.807, 2.05) is 48.5 Å². The minimum Gasteiger partial charge on any atom is -0.398 e. The summed E-state index contributed by atoms with van der Waals surface area (Å²) in [6, 6.07) is 15.9. The van der Waals surface area contributed by atoms with Gasteiger partial charge in [0.05, 0.1) is 5.52 Å². The van der Waals surface area contributed by atoms with Gasteiger partial charge in [0.25, 0.3) is 0 Å². The van der Waals surface area contributed by atoms with E-state index >= 15 is 0 Å². The maximum Gasteiger partial charge on any atom is 0.223 e. The monoisotopic (exact) mass is 409 g/mol. The maximum atomic E-state index is 12.6. The van der Waals surface area contributed by atoms with Crippen molar-refractivity contribution in [2.24, 2.45) is 5.92 Å². The highest BCUT2D eigenvalue weighted by molar-refractivity contribution is 9.10. The van der Waals surface area contributed by atoms with Gasteiger partial charge in [-0.1, -0.05) is 46.3 Å². The SMILES string of the molecule is Nc1c2c(nc3cc(Br)ccc13)CCC(C(=O)NCc1ccccc1)C2. The molecule has 1 aliphatic carbocycles. The largest absolute Gasteiger partial charge is 0.398 e. The Morgan fingerprint density at radius 2 is 2.04 bits per heavy atom. The summed E-state index contributed by atoms with van der Waals surface area (Å²) in [6.45, 7) is 0.558. The van der Waals surface area contributed by atoms with E-state index in [2.05, 4.69) is 21.2 Å². The quantitative estimate of drug-likeness (QED) is 0.686. The molecule has 0 bridgehead atoms. The first-order chi connectivity index (χ1) is 12.6. The van der Waals surface area contributed by atoms with E-state index in [1.165, 1.54) is 0 Å². The zero-order valence-corrected chi connectivity index (χ0v) is 15.9. The van der Waals surface area contributed by atoms with Gasteiger partial charge in [-0.25, -0.2) is 0 Å². The Morgan fingerprint density at radius 1 is 1.23 bits per heavy atom. The molecule has 1 amide bonds. The van der Waals surface area contributed by atoms with E-state index in [0.717, 1.165) is 50.7 Å². The molecule has 4 rings (SSSR count). The van der Waals surface area contributed by atoms with Crippen molar-refractivity contribution < 1.29 is 4.79 Å². The number of pyridine rings is 1. The van der Waals surface area contributed by atoms with E-state index < -0.39 is 0 Å². The standard InChI is InChI=1S/C21H20BrN3O/c22-15-7-8-16-19(11-15)25-18-9-6-14(10-17(18)20(16)23)21(26)24-12-13-4-2-1-3-5-13/h1-5,7-8,11,14H,6,9-10,12H2,(H2,23,25)(H,24,26). The molecule has 3 aromatic rings. The van der Waals surface area contributed by atoms with Crippen LogP contribution in [0.3, 0.4) is 0 Å². The van der Waals surface area contributed by atoms with Crippen molar-refractivity contribution in [1.82, 2.24) is 10.3 Å². The Bertz CT molecular complexity index is 972. The number of nitrogens with zero attached hydrogens (tertiary/aromatic N) is 1. The van der Waals surface area contributed by atoms with Gasteiger partial charge in [-0.15, -0.1) is 0 Å². The Hall–Kier alpha value is -2.40. The lowest BCUT2D eigenvalue weighted by Gasteiger charge is -2.25. The highest BCUT2D eigenvalue weighted by Crippen LogP contribution is 2.34. The van der Waals surface area contributed by atoms with Crippen LogP contribution < -0.4 is 11.1 Å². The zero-order valence-electron chi connectivity index (χ0n) is 14.3. The Morgan fingerprint density at radius 3 is 2.85 bits per heavy atom. The molecule has 0 radical (unpaired) electrons. The lowest BCUT2D eigenvalue weighted by Crippen LogP contribution is -2.34. The Kier molecular flexibility index (Phi) is 4.64. The molecule has 1 unspecified atom stereocenters. The van der Waals surface area contributed by atoms with Gasteiger partial charge in [-0.3, -0.25) is 9.78 Å². The topological polar surface area (TPSA) is 68.0 Å². The first-order valence-corrected chi connectivity index (χ1v) is 9.59. The number of nitrogens with one attached hydrogen (secondary N) is 1. The molecule has 0 saturated carbocycles. The lowest BCUT2D eigenvalue weighted by molar-refractivity contribution is -0.125. The van der Waals surface area contributed by atoms with Crippen LogP contribution in [0.15, 0.2) is 53.0 Å². The molecule has 132 valence electrons. The molecular weight excluding hydrogens is 390 g/mol. The fourth-order valence-corrected chi connectivity index (χ4v) is 3.95. The summed E-state index contributed by atoms with van der Waals surface area (Å²) >= 11 is 3.48. The van der Waals surface area contributed by atoms with E-state index in [-0.39, 0.29) is 11.8 Å². The summed E-state index contributed by atoms with van der Waals surface area (Å²) in [5.41, 5.74) is 11.3. The van der Waals surface area contributed by atoms with Crippen LogP contribution in [0.25, 0.3) is 10.9 Å². The molecule has 0 spiro atoms. The van der Waals surface area contributed by atoms with E-state index in [4.69, 9.17) is 10.7 Å². The molecule has 4 nitrogen and oxygen atoms in total. The van der Waals surface area contributed by atoms with E-state index in [9.17, 15) is 4.79 Å². The number of hydrogen-bond donors (Lipinski definition) is 2. The van der Waals surface area contributed by atoms with Crippen molar-refractivity contribution in [3.8, 4) is 0 Å². The van der Waals surface area contributed by atoms with Crippen molar-refractivity contribution >= 4 is 38.4 Å². The minimum atomic E-state index is -0.0526. The predicted octanol–water partition coefficient (Wildman–Crippen LogP) is 4.00. The van der Waals surface area contributed by atoms with Gasteiger partial charge in [0.1, 0.15) is 0 Å². The predicted molar refractivity (Wildman–Crippen MR) is 108 cm³/mol. The molecule has 1 atom stereocenters. The molecule has 26 heavy (non-hydrogen) atoms. The average molecular weight is 410 g/mol. The average Bonchev–Trinajstić information content (AvgIpc) is 2.66. The van der Waals surface area contributed by atoms with Crippen LogP contribution in [-0.2, 0) is 24.2 Å². The number of fused-ring (bicyclic) bond motifs is 2. The van der Waals surface area contributed by atoms with Crippen molar-refractivity contribution in [1.29, 1.82) is 0 Å². The fourth-order valence-electron chi connectivity index (χ4n) is 3.60. The number of benzene rings is 2. The van der Waals surface area contributed by atoms with Crippen LogP contribution in [0.4, 0.5) is 5.69 Å². The van der Waals surface area contributed by atoms with Crippen LogP contribution in [0.1, 0.15) is 23.2 Å². The number of rotatable bonds is 3. The van der Waals surface area contributed by atoms with Gasteiger partial charge in [0, 0.05) is 33.7 Å². The van der Waals surface area contributed by atoms with Crippen molar-refractivity contribution in [2.75, 3.05) is 5.73 Å². The van der Waals surface area contributed by atoms with Gasteiger partial charge >= 0.3 is 0 Å². The fraction of sp³-hybridized carbons (Fsp3) is 0.238. The molecule has 0 fully saturated rings. The third-order valence-electron chi connectivity index (χ3n) is 5.04. The summed E-state index contributed by atoms with van der Waals surface area (Å²) < 4.78 is 0.992. The molecule has 1 heterocycles. The van der Waals surface area contributed by atoms with Crippen molar-refractivity contribution in [3.05, 3.63) is 69.8 Å². The van der Waals surface area contributed by atoms with Crippen molar-refractivity contribution in [3.63, 3.8) is 0 Å². The minimum absolute atomic E-state index is 0.0526. The van der Waals surface area contributed by atoms with Gasteiger partial charge in [0.2, 0.25) is 5.91 Å². The van der Waals surface area contributed by atoms with Crippen molar-refractivity contribution in [2.45, 2.75) is 25.8 Å². The number of nitrogen functional groups attached to an aromatic ring is 1. The first kappa shape index (κ1) is 17.0. The molecular formula is C21H20BrN3O. The number of hydrogen-bond acceptors (Lipinski definition) is 3. The lowest BCUT2D eigenvalue weighted by atomic mass is 9.84. The van der Waals surface area contributed by atoms with E-state index in [0.29, 0.717) is 13.0 Å². The molecule has 2 aromatic carbocycles. The number of aryl methyl sites for hydroxylation is 1. The number of carbonyl (C=O) groups excluding carboxylic acids is 1. The van der Waals surface area contributed by atoms with Gasteiger partial charge in [0.15, 0.2) is 0 Å². The molecule has 1 aromatic heterocycles. The number of halogens is 1. The number of anilines is 1. The molecule has 1 aliphatic rings. The second-order valence-corrected chi connectivity index (χ2v) is 7.67. The van der Waals surface area contributed by atoms with Crippen LogP contribution >= 0.6 is 15.9 Å². The van der Waals surface area contributed by atoms with Gasteiger partial charge < -0.3 is 11.1 Å².